The van der Waals surface area contributed by atoms with Gasteiger partial charge in [0.05, 0.1) is 0 Å². The van der Waals surface area contributed by atoms with E-state index in [1.165, 1.54) is 32.1 Å². The van der Waals surface area contributed by atoms with Crippen molar-refractivity contribution in [2.75, 3.05) is 7.05 Å². The summed E-state index contributed by atoms with van der Waals surface area (Å²) in [5.41, 5.74) is 0. The first-order valence-corrected chi connectivity index (χ1v) is 5.53. The molecule has 2 heteroatoms. The van der Waals surface area contributed by atoms with Gasteiger partial charge >= 0.3 is 0 Å². The van der Waals surface area contributed by atoms with Crippen molar-refractivity contribution in [3.63, 3.8) is 0 Å². The van der Waals surface area contributed by atoms with Gasteiger partial charge in [0.15, 0.2) is 0 Å². The molecule has 1 saturated carbocycles. The lowest BCUT2D eigenvalue weighted by Crippen LogP contribution is -2.22. The Kier molecular flexibility index (Phi) is 7.76. The highest BCUT2D eigenvalue weighted by Crippen LogP contribution is 2.25. The maximum absolute atomic E-state index is 11.0. The largest absolute Gasteiger partial charge is 0.359 e. The topological polar surface area (TPSA) is 29.1 Å². The van der Waals surface area contributed by atoms with Gasteiger partial charge in [-0.3, -0.25) is 4.79 Å². The first-order valence-electron chi connectivity index (χ1n) is 5.53. The lowest BCUT2D eigenvalue weighted by atomic mass is 9.87. The van der Waals surface area contributed by atoms with Crippen LogP contribution in [0.25, 0.3) is 0 Å². The molecule has 78 valence electrons. The molecular formula is C11H23NO. The number of hydrogen-bond donors (Lipinski definition) is 1. The van der Waals surface area contributed by atoms with Crippen molar-refractivity contribution in [2.24, 2.45) is 5.92 Å². The SMILES string of the molecule is CC.CNC(=O)CC1CCCCC1. The molecule has 1 rings (SSSR count). The summed E-state index contributed by atoms with van der Waals surface area (Å²) in [5, 5.41) is 2.67. The Balaban J connectivity index is 0.000000671. The predicted molar refractivity (Wildman–Crippen MR) is 56.6 cm³/mol. The summed E-state index contributed by atoms with van der Waals surface area (Å²) < 4.78 is 0. The molecule has 0 aromatic rings. The van der Waals surface area contributed by atoms with E-state index in [1.807, 2.05) is 13.8 Å². The van der Waals surface area contributed by atoms with Gasteiger partial charge in [-0.25, -0.2) is 0 Å². The van der Waals surface area contributed by atoms with E-state index in [1.54, 1.807) is 7.05 Å². The first-order chi connectivity index (χ1) is 6.33. The molecule has 0 bridgehead atoms. The second kappa shape index (κ2) is 8.09. The van der Waals surface area contributed by atoms with Crippen molar-refractivity contribution in [2.45, 2.75) is 52.4 Å². The molecule has 1 fully saturated rings. The number of hydrogen-bond acceptors (Lipinski definition) is 1. The van der Waals surface area contributed by atoms with E-state index in [9.17, 15) is 4.79 Å². The monoisotopic (exact) mass is 185 g/mol. The van der Waals surface area contributed by atoms with Crippen LogP contribution in [-0.4, -0.2) is 13.0 Å². The second-order valence-electron chi connectivity index (χ2n) is 3.38. The van der Waals surface area contributed by atoms with E-state index in [4.69, 9.17) is 0 Å². The smallest absolute Gasteiger partial charge is 0.220 e. The van der Waals surface area contributed by atoms with E-state index in [-0.39, 0.29) is 5.91 Å². The van der Waals surface area contributed by atoms with Gasteiger partial charge in [-0.15, -0.1) is 0 Å². The molecule has 0 aliphatic heterocycles. The first kappa shape index (κ1) is 12.5. The fourth-order valence-corrected chi connectivity index (χ4v) is 1.76. The van der Waals surface area contributed by atoms with Crippen LogP contribution >= 0.6 is 0 Å². The molecule has 13 heavy (non-hydrogen) atoms. The molecular weight excluding hydrogens is 162 g/mol. The molecule has 0 unspecified atom stereocenters. The Morgan fingerprint density at radius 2 is 1.77 bits per heavy atom. The van der Waals surface area contributed by atoms with Gasteiger partial charge in [0, 0.05) is 13.5 Å². The maximum Gasteiger partial charge on any atom is 0.220 e. The molecule has 1 amide bonds. The van der Waals surface area contributed by atoms with Gasteiger partial charge in [0.25, 0.3) is 0 Å². The number of rotatable bonds is 2. The maximum atomic E-state index is 11.0. The van der Waals surface area contributed by atoms with Crippen molar-refractivity contribution in [1.82, 2.24) is 5.32 Å². The second-order valence-corrected chi connectivity index (χ2v) is 3.38. The van der Waals surface area contributed by atoms with Crippen LogP contribution in [0.2, 0.25) is 0 Å². The van der Waals surface area contributed by atoms with Crippen molar-refractivity contribution in [3.05, 3.63) is 0 Å². The minimum Gasteiger partial charge on any atom is -0.359 e. The Labute approximate surface area is 82.1 Å². The van der Waals surface area contributed by atoms with Gasteiger partial charge in [-0.05, 0) is 18.8 Å². The average molecular weight is 185 g/mol. The Morgan fingerprint density at radius 1 is 1.23 bits per heavy atom. The minimum atomic E-state index is 0.205. The Bertz CT molecular complexity index is 128. The lowest BCUT2D eigenvalue weighted by molar-refractivity contribution is -0.121. The highest BCUT2D eigenvalue weighted by molar-refractivity contribution is 5.75. The van der Waals surface area contributed by atoms with Crippen LogP contribution in [0.3, 0.4) is 0 Å². The number of carbonyl (C=O) groups is 1. The van der Waals surface area contributed by atoms with Crippen LogP contribution in [0.5, 0.6) is 0 Å². The van der Waals surface area contributed by atoms with Crippen molar-refractivity contribution < 1.29 is 4.79 Å². The van der Waals surface area contributed by atoms with Crippen LogP contribution in [0.15, 0.2) is 0 Å². The van der Waals surface area contributed by atoms with E-state index in [0.29, 0.717) is 5.92 Å². The third-order valence-electron chi connectivity index (χ3n) is 2.48. The molecule has 1 N–H and O–H groups in total. The fraction of sp³-hybridized carbons (Fsp3) is 0.909. The summed E-state index contributed by atoms with van der Waals surface area (Å²) in [6, 6.07) is 0. The standard InChI is InChI=1S/C9H17NO.C2H6/c1-10-9(11)7-8-5-3-2-4-6-8;1-2/h8H,2-7H2,1H3,(H,10,11);1-2H3. The van der Waals surface area contributed by atoms with Gasteiger partial charge in [-0.1, -0.05) is 33.1 Å². The van der Waals surface area contributed by atoms with Gasteiger partial charge in [-0.2, -0.15) is 0 Å². The minimum absolute atomic E-state index is 0.205. The van der Waals surface area contributed by atoms with E-state index < -0.39 is 0 Å². The zero-order valence-corrected chi connectivity index (χ0v) is 9.23. The molecule has 1 aliphatic carbocycles. The molecule has 0 aromatic carbocycles. The summed E-state index contributed by atoms with van der Waals surface area (Å²) in [6.45, 7) is 4.00. The number of amides is 1. The van der Waals surface area contributed by atoms with Crippen molar-refractivity contribution in [1.29, 1.82) is 0 Å². The number of carbonyl (C=O) groups excluding carboxylic acids is 1. The third kappa shape index (κ3) is 5.67. The summed E-state index contributed by atoms with van der Waals surface area (Å²) in [4.78, 5) is 11.0. The van der Waals surface area contributed by atoms with Gasteiger partial charge in [0.2, 0.25) is 5.91 Å². The molecule has 0 aromatic heterocycles. The Hall–Kier alpha value is -0.530. The average Bonchev–Trinajstić information content (AvgIpc) is 2.22. The van der Waals surface area contributed by atoms with Crippen LogP contribution in [0.1, 0.15) is 52.4 Å². The normalized spacial score (nSPS) is 17.2. The quantitative estimate of drug-likeness (QED) is 0.704. The molecule has 0 atom stereocenters. The van der Waals surface area contributed by atoms with Crippen molar-refractivity contribution >= 4 is 5.91 Å². The van der Waals surface area contributed by atoms with Crippen LogP contribution in [-0.2, 0) is 4.79 Å². The third-order valence-corrected chi connectivity index (χ3v) is 2.48. The highest BCUT2D eigenvalue weighted by Gasteiger charge is 2.15. The van der Waals surface area contributed by atoms with Gasteiger partial charge in [0.1, 0.15) is 0 Å². The summed E-state index contributed by atoms with van der Waals surface area (Å²) in [6.07, 6.45) is 7.27. The molecule has 1 aliphatic rings. The summed E-state index contributed by atoms with van der Waals surface area (Å²) >= 11 is 0. The summed E-state index contributed by atoms with van der Waals surface area (Å²) in [7, 11) is 1.71. The van der Waals surface area contributed by atoms with Crippen LogP contribution in [0, 0.1) is 5.92 Å². The fourth-order valence-electron chi connectivity index (χ4n) is 1.76. The zero-order chi connectivity index (χ0) is 10.1. The van der Waals surface area contributed by atoms with E-state index >= 15 is 0 Å². The predicted octanol–water partition coefficient (Wildman–Crippen LogP) is 2.73. The Morgan fingerprint density at radius 3 is 2.23 bits per heavy atom. The summed E-state index contributed by atoms with van der Waals surface area (Å²) in [5.74, 6) is 0.876. The van der Waals surface area contributed by atoms with E-state index in [0.717, 1.165) is 6.42 Å². The zero-order valence-electron chi connectivity index (χ0n) is 9.23. The molecule has 2 nitrogen and oxygen atoms in total. The van der Waals surface area contributed by atoms with E-state index in [2.05, 4.69) is 5.32 Å². The number of nitrogens with one attached hydrogen (secondary N) is 1. The molecule has 0 spiro atoms. The van der Waals surface area contributed by atoms with Gasteiger partial charge < -0.3 is 5.32 Å². The molecule has 0 saturated heterocycles. The molecule has 0 heterocycles. The highest BCUT2D eigenvalue weighted by atomic mass is 16.1. The lowest BCUT2D eigenvalue weighted by Gasteiger charge is -2.20. The van der Waals surface area contributed by atoms with Crippen molar-refractivity contribution in [3.8, 4) is 0 Å². The molecule has 0 radical (unpaired) electrons. The van der Waals surface area contributed by atoms with Crippen LogP contribution in [0.4, 0.5) is 0 Å². The van der Waals surface area contributed by atoms with Crippen LogP contribution < -0.4 is 5.32 Å².